The molecule has 3 heterocycles. The van der Waals surface area contributed by atoms with Crippen LogP contribution in [0.15, 0.2) is 35.3 Å². The highest BCUT2D eigenvalue weighted by Crippen LogP contribution is 2.15. The van der Waals surface area contributed by atoms with Crippen LogP contribution in [0.25, 0.3) is 17.1 Å². The van der Waals surface area contributed by atoms with Gasteiger partial charge in [-0.05, 0) is 31.2 Å². The first-order valence-corrected chi connectivity index (χ1v) is 7.23. The van der Waals surface area contributed by atoms with E-state index in [0.29, 0.717) is 10.7 Å². The van der Waals surface area contributed by atoms with Crippen molar-refractivity contribution >= 4 is 34.4 Å². The van der Waals surface area contributed by atoms with E-state index >= 15 is 0 Å². The normalized spacial score (nSPS) is 11.3. The quantitative estimate of drug-likeness (QED) is 0.802. The Morgan fingerprint density at radius 2 is 2.05 bits per heavy atom. The number of carbonyl (C=O) groups is 1. The molecule has 0 amide bonds. The molecule has 0 saturated heterocycles. The fourth-order valence-corrected chi connectivity index (χ4v) is 2.77. The number of hydrogen-bond donors (Lipinski definition) is 1. The SMILES string of the molecule is Cc1cccc(C=Cc2cc(=O)n3cc(C(=O)O)sc3n2)n1. The summed E-state index contributed by atoms with van der Waals surface area (Å²) in [5, 5.41) is 8.97. The molecule has 0 aliphatic heterocycles. The minimum absolute atomic E-state index is 0.0751. The van der Waals surface area contributed by atoms with Crippen LogP contribution in [0.2, 0.25) is 0 Å². The maximum atomic E-state index is 12.0. The highest BCUT2D eigenvalue weighted by Gasteiger charge is 2.11. The van der Waals surface area contributed by atoms with Gasteiger partial charge in [-0.1, -0.05) is 17.4 Å². The zero-order valence-electron chi connectivity index (χ0n) is 11.6. The van der Waals surface area contributed by atoms with Gasteiger partial charge in [-0.15, -0.1) is 0 Å². The summed E-state index contributed by atoms with van der Waals surface area (Å²) < 4.78 is 1.23. The monoisotopic (exact) mass is 313 g/mol. The van der Waals surface area contributed by atoms with Crippen molar-refractivity contribution < 1.29 is 9.90 Å². The van der Waals surface area contributed by atoms with E-state index < -0.39 is 5.97 Å². The number of rotatable bonds is 3. The van der Waals surface area contributed by atoms with Crippen molar-refractivity contribution in [3.63, 3.8) is 0 Å². The first kappa shape index (κ1) is 14.2. The predicted molar refractivity (Wildman–Crippen MR) is 84.2 cm³/mol. The molecule has 0 unspecified atom stereocenters. The second-order valence-electron chi connectivity index (χ2n) is 4.61. The fourth-order valence-electron chi connectivity index (χ4n) is 1.93. The van der Waals surface area contributed by atoms with Gasteiger partial charge in [0, 0.05) is 18.0 Å². The van der Waals surface area contributed by atoms with Gasteiger partial charge in [0.15, 0.2) is 4.96 Å². The second kappa shape index (κ2) is 5.53. The molecule has 0 atom stereocenters. The van der Waals surface area contributed by atoms with Crippen LogP contribution in [0.1, 0.15) is 26.8 Å². The molecule has 6 nitrogen and oxygen atoms in total. The Hall–Kier alpha value is -2.80. The van der Waals surface area contributed by atoms with Crippen LogP contribution in [0.3, 0.4) is 0 Å². The van der Waals surface area contributed by atoms with E-state index in [2.05, 4.69) is 9.97 Å². The Kier molecular flexibility index (Phi) is 3.56. The Morgan fingerprint density at radius 1 is 1.27 bits per heavy atom. The van der Waals surface area contributed by atoms with Gasteiger partial charge in [-0.2, -0.15) is 0 Å². The number of carboxylic acid groups (broad SMARTS) is 1. The van der Waals surface area contributed by atoms with Crippen molar-refractivity contribution in [1.29, 1.82) is 0 Å². The molecule has 3 aromatic heterocycles. The molecule has 0 saturated carbocycles. The van der Waals surface area contributed by atoms with Crippen LogP contribution in [0.5, 0.6) is 0 Å². The molecule has 0 aromatic carbocycles. The van der Waals surface area contributed by atoms with E-state index in [4.69, 9.17) is 5.11 Å². The van der Waals surface area contributed by atoms with E-state index in [1.165, 1.54) is 16.7 Å². The number of carboxylic acids is 1. The number of aromatic nitrogens is 3. The van der Waals surface area contributed by atoms with Crippen LogP contribution in [0.4, 0.5) is 0 Å². The number of nitrogens with zero attached hydrogens (tertiary/aromatic N) is 3. The Balaban J connectivity index is 2.01. The number of hydrogen-bond acceptors (Lipinski definition) is 5. The van der Waals surface area contributed by atoms with E-state index in [1.54, 1.807) is 12.2 Å². The maximum absolute atomic E-state index is 12.0. The van der Waals surface area contributed by atoms with Crippen LogP contribution < -0.4 is 5.56 Å². The Labute approximate surface area is 129 Å². The summed E-state index contributed by atoms with van der Waals surface area (Å²) in [6, 6.07) is 7.00. The fraction of sp³-hybridized carbons (Fsp3) is 0.0667. The Morgan fingerprint density at radius 3 is 2.77 bits per heavy atom. The molecule has 3 aromatic rings. The molecule has 110 valence electrons. The zero-order valence-corrected chi connectivity index (χ0v) is 12.4. The van der Waals surface area contributed by atoms with Gasteiger partial charge in [0.1, 0.15) is 4.88 Å². The van der Waals surface area contributed by atoms with Gasteiger partial charge in [0.2, 0.25) is 0 Å². The van der Waals surface area contributed by atoms with Crippen molar-refractivity contribution in [2.75, 3.05) is 0 Å². The van der Waals surface area contributed by atoms with E-state index in [-0.39, 0.29) is 10.4 Å². The standard InChI is InChI=1S/C15H11N3O3S/c1-9-3-2-4-10(16-9)5-6-11-7-13(19)18-8-12(14(20)21)22-15(18)17-11/h2-8H,1H3,(H,20,21). The number of thiazole rings is 1. The maximum Gasteiger partial charge on any atom is 0.347 e. The van der Waals surface area contributed by atoms with Gasteiger partial charge >= 0.3 is 5.97 Å². The highest BCUT2D eigenvalue weighted by molar-refractivity contribution is 7.18. The molecule has 0 aliphatic rings. The lowest BCUT2D eigenvalue weighted by atomic mass is 10.2. The third-order valence-electron chi connectivity index (χ3n) is 2.93. The molecule has 0 aliphatic carbocycles. The van der Waals surface area contributed by atoms with Crippen molar-refractivity contribution in [3.05, 3.63) is 62.8 Å². The largest absolute Gasteiger partial charge is 0.477 e. The first-order chi connectivity index (χ1) is 10.5. The minimum Gasteiger partial charge on any atom is -0.477 e. The van der Waals surface area contributed by atoms with Gasteiger partial charge in [0.25, 0.3) is 5.56 Å². The molecular weight excluding hydrogens is 302 g/mol. The lowest BCUT2D eigenvalue weighted by Gasteiger charge is -1.96. The molecule has 0 bridgehead atoms. The Bertz CT molecular complexity index is 956. The molecule has 3 rings (SSSR count). The summed E-state index contributed by atoms with van der Waals surface area (Å²) >= 11 is 0.961. The molecular formula is C15H11N3O3S. The van der Waals surface area contributed by atoms with Crippen LogP contribution in [0, 0.1) is 6.92 Å². The van der Waals surface area contributed by atoms with Gasteiger partial charge in [-0.25, -0.2) is 9.78 Å². The number of aromatic carboxylic acids is 1. The van der Waals surface area contributed by atoms with E-state index in [0.717, 1.165) is 22.7 Å². The molecule has 1 N–H and O–H groups in total. The summed E-state index contributed by atoms with van der Waals surface area (Å²) in [5.41, 5.74) is 1.81. The first-order valence-electron chi connectivity index (χ1n) is 6.41. The average molecular weight is 313 g/mol. The summed E-state index contributed by atoms with van der Waals surface area (Å²) in [4.78, 5) is 32.0. The second-order valence-corrected chi connectivity index (χ2v) is 5.62. The van der Waals surface area contributed by atoms with Crippen LogP contribution in [-0.4, -0.2) is 25.4 Å². The number of pyridine rings is 1. The minimum atomic E-state index is -1.07. The number of fused-ring (bicyclic) bond motifs is 1. The summed E-state index contributed by atoms with van der Waals surface area (Å²) in [5.74, 6) is -1.07. The van der Waals surface area contributed by atoms with E-state index in [9.17, 15) is 9.59 Å². The van der Waals surface area contributed by atoms with Crippen LogP contribution in [-0.2, 0) is 0 Å². The molecule has 0 spiro atoms. The zero-order chi connectivity index (χ0) is 15.7. The van der Waals surface area contributed by atoms with Gasteiger partial charge in [0.05, 0.1) is 11.4 Å². The third kappa shape index (κ3) is 2.79. The molecule has 7 heteroatoms. The van der Waals surface area contributed by atoms with Gasteiger partial charge < -0.3 is 5.11 Å². The van der Waals surface area contributed by atoms with Crippen molar-refractivity contribution in [1.82, 2.24) is 14.4 Å². The van der Waals surface area contributed by atoms with E-state index in [1.807, 2.05) is 25.1 Å². The average Bonchev–Trinajstić information content (AvgIpc) is 2.90. The molecule has 22 heavy (non-hydrogen) atoms. The summed E-state index contributed by atoms with van der Waals surface area (Å²) in [7, 11) is 0. The van der Waals surface area contributed by atoms with Crippen molar-refractivity contribution in [2.24, 2.45) is 0 Å². The van der Waals surface area contributed by atoms with Crippen molar-refractivity contribution in [3.8, 4) is 0 Å². The molecule has 0 fully saturated rings. The van der Waals surface area contributed by atoms with Crippen molar-refractivity contribution in [2.45, 2.75) is 6.92 Å². The lowest BCUT2D eigenvalue weighted by Crippen LogP contribution is -2.11. The highest BCUT2D eigenvalue weighted by atomic mass is 32.1. The van der Waals surface area contributed by atoms with Gasteiger partial charge in [-0.3, -0.25) is 14.2 Å². The molecule has 0 radical (unpaired) electrons. The number of aryl methyl sites for hydroxylation is 1. The lowest BCUT2D eigenvalue weighted by molar-refractivity contribution is 0.0702. The predicted octanol–water partition coefficient (Wildman–Crippen LogP) is 2.33. The smallest absolute Gasteiger partial charge is 0.347 e. The summed E-state index contributed by atoms with van der Waals surface area (Å²) in [6.45, 7) is 1.90. The third-order valence-corrected chi connectivity index (χ3v) is 3.90. The topological polar surface area (TPSA) is 84.6 Å². The summed E-state index contributed by atoms with van der Waals surface area (Å²) in [6.07, 6.45) is 4.73. The van der Waals surface area contributed by atoms with Crippen LogP contribution >= 0.6 is 11.3 Å².